The van der Waals surface area contributed by atoms with Gasteiger partial charge in [-0.3, -0.25) is 10.1 Å². The number of halogens is 1. The second-order valence-electron chi connectivity index (χ2n) is 5.15. The van der Waals surface area contributed by atoms with Gasteiger partial charge in [0, 0.05) is 11.6 Å². The van der Waals surface area contributed by atoms with E-state index in [1.54, 1.807) is 12.1 Å². The zero-order chi connectivity index (χ0) is 13.8. The second-order valence-corrected chi connectivity index (χ2v) is 5.55. The average molecular weight is 284 g/mol. The maximum atomic E-state index is 11.0. The third-order valence-electron chi connectivity index (χ3n) is 3.92. The van der Waals surface area contributed by atoms with E-state index in [0.717, 1.165) is 12.8 Å². The van der Waals surface area contributed by atoms with E-state index in [4.69, 9.17) is 11.6 Å². The van der Waals surface area contributed by atoms with Gasteiger partial charge in [0.15, 0.2) is 0 Å². The second kappa shape index (κ2) is 6.35. The Morgan fingerprint density at radius 2 is 2.11 bits per heavy atom. The lowest BCUT2D eigenvalue weighted by Crippen LogP contribution is -2.18. The van der Waals surface area contributed by atoms with Gasteiger partial charge in [0.2, 0.25) is 0 Å². The van der Waals surface area contributed by atoms with Crippen LogP contribution in [0.25, 0.3) is 0 Å². The van der Waals surface area contributed by atoms with Gasteiger partial charge in [-0.15, -0.1) is 0 Å². The van der Waals surface area contributed by atoms with Crippen molar-refractivity contribution in [3.8, 4) is 0 Å². The predicted octanol–water partition coefficient (Wildman–Crippen LogP) is 3.73. The zero-order valence-electron chi connectivity index (χ0n) is 10.7. The molecule has 0 heterocycles. The van der Waals surface area contributed by atoms with E-state index in [1.165, 1.54) is 18.9 Å². The summed E-state index contributed by atoms with van der Waals surface area (Å²) >= 11 is 6.03. The summed E-state index contributed by atoms with van der Waals surface area (Å²) in [5.41, 5.74) is 0.581. The van der Waals surface area contributed by atoms with Crippen LogP contribution in [0.15, 0.2) is 18.2 Å². The molecule has 0 amide bonds. The molecule has 104 valence electrons. The molecule has 0 aromatic heterocycles. The normalized spacial score (nSPS) is 17.6. The highest BCUT2D eigenvalue weighted by molar-refractivity contribution is 6.31. The van der Waals surface area contributed by atoms with Gasteiger partial charge in [-0.25, -0.2) is 0 Å². The summed E-state index contributed by atoms with van der Waals surface area (Å²) in [4.78, 5) is 10.5. The van der Waals surface area contributed by atoms with Gasteiger partial charge in [-0.2, -0.15) is 0 Å². The number of aliphatic hydroxyl groups is 1. The van der Waals surface area contributed by atoms with Crippen LogP contribution in [0.5, 0.6) is 0 Å². The number of hydrogen-bond donors (Lipinski definition) is 1. The minimum atomic E-state index is -0.414. The first-order chi connectivity index (χ1) is 9.09. The van der Waals surface area contributed by atoms with Crippen LogP contribution in [0.3, 0.4) is 0 Å². The Morgan fingerprint density at radius 1 is 1.42 bits per heavy atom. The van der Waals surface area contributed by atoms with Crippen LogP contribution in [-0.2, 0) is 6.42 Å². The summed E-state index contributed by atoms with van der Waals surface area (Å²) < 4.78 is 0. The molecule has 0 aliphatic heterocycles. The fourth-order valence-electron chi connectivity index (χ4n) is 2.84. The molecule has 1 N–H and O–H groups in total. The van der Waals surface area contributed by atoms with Gasteiger partial charge in [0.05, 0.1) is 16.0 Å². The van der Waals surface area contributed by atoms with Crippen molar-refractivity contribution in [2.24, 2.45) is 5.92 Å². The van der Waals surface area contributed by atoms with Crippen molar-refractivity contribution in [2.75, 3.05) is 0 Å². The van der Waals surface area contributed by atoms with Crippen LogP contribution in [-0.4, -0.2) is 16.1 Å². The molecule has 0 spiro atoms. The minimum Gasteiger partial charge on any atom is -0.393 e. The molecular formula is C14H18ClNO3. The van der Waals surface area contributed by atoms with Crippen molar-refractivity contribution < 1.29 is 10.0 Å². The number of hydrogen-bond acceptors (Lipinski definition) is 3. The number of rotatable bonds is 5. The van der Waals surface area contributed by atoms with Crippen molar-refractivity contribution >= 4 is 17.3 Å². The fourth-order valence-corrected chi connectivity index (χ4v) is 3.10. The molecule has 0 radical (unpaired) electrons. The minimum absolute atomic E-state index is 0.0473. The van der Waals surface area contributed by atoms with Gasteiger partial charge in [0.1, 0.15) is 0 Å². The Kier molecular flexibility index (Phi) is 4.77. The Morgan fingerprint density at radius 3 is 2.74 bits per heavy atom. The van der Waals surface area contributed by atoms with Gasteiger partial charge in [0.25, 0.3) is 5.69 Å². The summed E-state index contributed by atoms with van der Waals surface area (Å²) in [5, 5.41) is 21.5. The van der Waals surface area contributed by atoms with Crippen LogP contribution in [0, 0.1) is 16.0 Å². The summed E-state index contributed by atoms with van der Waals surface area (Å²) in [5.74, 6) is 0.349. The molecule has 1 aliphatic rings. The molecule has 1 aromatic rings. The van der Waals surface area contributed by atoms with Crippen LogP contribution in [0.4, 0.5) is 5.69 Å². The topological polar surface area (TPSA) is 63.4 Å². The summed E-state index contributed by atoms with van der Waals surface area (Å²) in [7, 11) is 0. The molecule has 1 unspecified atom stereocenters. The highest BCUT2D eigenvalue weighted by Crippen LogP contribution is 2.32. The van der Waals surface area contributed by atoms with E-state index in [0.29, 0.717) is 29.3 Å². The molecule has 1 atom stereocenters. The van der Waals surface area contributed by atoms with E-state index >= 15 is 0 Å². The molecule has 1 saturated carbocycles. The maximum absolute atomic E-state index is 11.0. The number of benzene rings is 1. The lowest BCUT2D eigenvalue weighted by Gasteiger charge is -2.17. The molecule has 0 saturated heterocycles. The van der Waals surface area contributed by atoms with E-state index in [1.807, 2.05) is 0 Å². The SMILES string of the molecule is O=[N+]([O-])c1cccc(Cl)c1CCC(O)C1CCCC1. The Labute approximate surface area is 117 Å². The van der Waals surface area contributed by atoms with Crippen LogP contribution in [0.2, 0.25) is 5.02 Å². The third-order valence-corrected chi connectivity index (χ3v) is 4.28. The fraction of sp³-hybridized carbons (Fsp3) is 0.571. The number of nitrogens with zero attached hydrogens (tertiary/aromatic N) is 1. The van der Waals surface area contributed by atoms with Crippen molar-refractivity contribution in [3.63, 3.8) is 0 Å². The first kappa shape index (κ1) is 14.3. The molecular weight excluding hydrogens is 266 g/mol. The first-order valence-electron chi connectivity index (χ1n) is 6.69. The standard InChI is InChI=1S/C14H18ClNO3/c15-12-6-3-7-13(16(18)19)11(12)8-9-14(17)10-4-1-2-5-10/h3,6-7,10,14,17H,1-2,4-5,8-9H2. The lowest BCUT2D eigenvalue weighted by molar-refractivity contribution is -0.385. The van der Waals surface area contributed by atoms with Crippen molar-refractivity contribution in [2.45, 2.75) is 44.6 Å². The van der Waals surface area contributed by atoms with Crippen molar-refractivity contribution in [1.29, 1.82) is 0 Å². The van der Waals surface area contributed by atoms with Gasteiger partial charge >= 0.3 is 0 Å². The van der Waals surface area contributed by atoms with E-state index < -0.39 is 4.92 Å². The van der Waals surface area contributed by atoms with Crippen LogP contribution in [0.1, 0.15) is 37.7 Å². The Hall–Kier alpha value is -1.13. The summed E-state index contributed by atoms with van der Waals surface area (Å²) in [6.07, 6.45) is 5.08. The van der Waals surface area contributed by atoms with Crippen molar-refractivity contribution in [3.05, 3.63) is 38.9 Å². The first-order valence-corrected chi connectivity index (χ1v) is 7.07. The molecule has 19 heavy (non-hydrogen) atoms. The number of aliphatic hydroxyl groups excluding tert-OH is 1. The monoisotopic (exact) mass is 283 g/mol. The van der Waals surface area contributed by atoms with Gasteiger partial charge in [-0.1, -0.05) is 30.5 Å². The van der Waals surface area contributed by atoms with Gasteiger partial charge in [-0.05, 0) is 37.7 Å². The molecule has 1 fully saturated rings. The molecule has 0 bridgehead atoms. The van der Waals surface area contributed by atoms with Gasteiger partial charge < -0.3 is 5.11 Å². The van der Waals surface area contributed by atoms with E-state index in [-0.39, 0.29) is 11.8 Å². The zero-order valence-corrected chi connectivity index (χ0v) is 11.5. The maximum Gasteiger partial charge on any atom is 0.274 e. The smallest absolute Gasteiger partial charge is 0.274 e. The third kappa shape index (κ3) is 3.45. The number of nitro benzene ring substituents is 1. The largest absolute Gasteiger partial charge is 0.393 e. The summed E-state index contributed by atoms with van der Waals surface area (Å²) in [6, 6.07) is 4.70. The van der Waals surface area contributed by atoms with E-state index in [2.05, 4.69) is 0 Å². The van der Waals surface area contributed by atoms with E-state index in [9.17, 15) is 15.2 Å². The molecule has 4 nitrogen and oxygen atoms in total. The molecule has 1 aromatic carbocycles. The lowest BCUT2D eigenvalue weighted by atomic mass is 9.94. The average Bonchev–Trinajstić information content (AvgIpc) is 2.90. The highest BCUT2D eigenvalue weighted by atomic mass is 35.5. The summed E-state index contributed by atoms with van der Waals surface area (Å²) in [6.45, 7) is 0. The highest BCUT2D eigenvalue weighted by Gasteiger charge is 2.24. The molecule has 2 rings (SSSR count). The molecule has 1 aliphatic carbocycles. The van der Waals surface area contributed by atoms with Crippen molar-refractivity contribution in [1.82, 2.24) is 0 Å². The Balaban J connectivity index is 2.04. The van der Waals surface area contributed by atoms with Crippen LogP contribution < -0.4 is 0 Å². The number of nitro groups is 1. The quantitative estimate of drug-likeness (QED) is 0.661. The Bertz CT molecular complexity index is 458. The van der Waals surface area contributed by atoms with Crippen LogP contribution >= 0.6 is 11.6 Å². The predicted molar refractivity (Wildman–Crippen MR) is 74.4 cm³/mol. The molecule has 5 heteroatoms.